The second kappa shape index (κ2) is 7.97. The van der Waals surface area contributed by atoms with Crippen LogP contribution in [0.25, 0.3) is 21.0 Å². The maximum absolute atomic E-state index is 13.3. The third kappa shape index (κ3) is 3.78. The zero-order valence-electron chi connectivity index (χ0n) is 17.2. The lowest BCUT2D eigenvalue weighted by Gasteiger charge is -2.16. The number of rotatable bonds is 6. The summed E-state index contributed by atoms with van der Waals surface area (Å²) in [6.45, 7) is 5.52. The van der Waals surface area contributed by atoms with E-state index in [2.05, 4.69) is 18.2 Å². The predicted molar refractivity (Wildman–Crippen MR) is 120 cm³/mol. The van der Waals surface area contributed by atoms with E-state index < -0.39 is 0 Å². The molecule has 0 radical (unpaired) electrons. The first-order chi connectivity index (χ1) is 14.0. The molecule has 0 fully saturated rings. The van der Waals surface area contributed by atoms with Gasteiger partial charge in [-0.15, -0.1) is 11.3 Å². The summed E-state index contributed by atoms with van der Waals surface area (Å²) in [6.07, 6.45) is 0. The van der Waals surface area contributed by atoms with Gasteiger partial charge in [0.1, 0.15) is 23.0 Å². The summed E-state index contributed by atoms with van der Waals surface area (Å²) >= 11 is 1.59. The number of aromatic nitrogens is 2. The Bertz CT molecular complexity index is 1240. The number of benzene rings is 2. The minimum Gasteiger partial charge on any atom is -0.491 e. The third-order valence-corrected chi connectivity index (χ3v) is 6.25. The van der Waals surface area contributed by atoms with Crippen LogP contribution in [0, 0.1) is 13.8 Å². The Kier molecular flexibility index (Phi) is 5.39. The lowest BCUT2D eigenvalue weighted by atomic mass is 10.1. The zero-order valence-corrected chi connectivity index (χ0v) is 18.0. The molecule has 0 saturated heterocycles. The number of hydrogen-bond donors (Lipinski definition) is 0. The summed E-state index contributed by atoms with van der Waals surface area (Å²) < 4.78 is 7.86. The minimum absolute atomic E-state index is 0.0234. The van der Waals surface area contributed by atoms with Crippen LogP contribution in [-0.2, 0) is 13.1 Å². The van der Waals surface area contributed by atoms with Crippen LogP contribution in [0.2, 0.25) is 0 Å². The van der Waals surface area contributed by atoms with Crippen molar-refractivity contribution in [3.63, 3.8) is 0 Å². The normalized spacial score (nSPS) is 11.6. The number of nitrogens with zero attached hydrogens (tertiary/aromatic N) is 3. The molecule has 5 nitrogen and oxygen atoms in total. The monoisotopic (exact) mass is 407 g/mol. The van der Waals surface area contributed by atoms with Gasteiger partial charge in [-0.1, -0.05) is 36.4 Å². The van der Waals surface area contributed by atoms with Crippen molar-refractivity contribution in [1.29, 1.82) is 0 Å². The molecule has 0 aliphatic rings. The molecule has 4 rings (SSSR count). The van der Waals surface area contributed by atoms with Gasteiger partial charge in [-0.2, -0.15) is 0 Å². The average molecular weight is 408 g/mol. The average Bonchev–Trinajstić information content (AvgIpc) is 2.97. The van der Waals surface area contributed by atoms with Gasteiger partial charge in [-0.3, -0.25) is 9.36 Å². The molecule has 0 saturated carbocycles. The highest BCUT2D eigenvalue weighted by Crippen LogP contribution is 2.27. The lowest BCUT2D eigenvalue weighted by Crippen LogP contribution is -2.30. The molecule has 0 aliphatic carbocycles. The highest BCUT2D eigenvalue weighted by molar-refractivity contribution is 7.18. The highest BCUT2D eigenvalue weighted by Gasteiger charge is 2.17. The molecule has 0 bridgehead atoms. The van der Waals surface area contributed by atoms with Crippen LogP contribution >= 0.6 is 11.3 Å². The minimum atomic E-state index is 0.0234. The highest BCUT2D eigenvalue weighted by atomic mass is 32.1. The largest absolute Gasteiger partial charge is 0.491 e. The van der Waals surface area contributed by atoms with E-state index in [9.17, 15) is 4.79 Å². The van der Waals surface area contributed by atoms with Gasteiger partial charge in [0, 0.05) is 10.3 Å². The predicted octanol–water partition coefficient (Wildman–Crippen LogP) is 4.37. The van der Waals surface area contributed by atoms with Crippen LogP contribution in [0.4, 0.5) is 0 Å². The fourth-order valence-corrected chi connectivity index (χ4v) is 4.61. The van der Waals surface area contributed by atoms with Crippen LogP contribution in [0.15, 0.2) is 47.3 Å². The van der Waals surface area contributed by atoms with E-state index in [0.29, 0.717) is 19.7 Å². The summed E-state index contributed by atoms with van der Waals surface area (Å²) in [6, 6.07) is 14.2. The van der Waals surface area contributed by atoms with E-state index in [1.807, 2.05) is 57.1 Å². The van der Waals surface area contributed by atoms with Gasteiger partial charge in [-0.25, -0.2) is 4.98 Å². The quantitative estimate of drug-likeness (QED) is 0.476. The molecule has 0 spiro atoms. The first kappa shape index (κ1) is 19.6. The Morgan fingerprint density at radius 3 is 2.66 bits per heavy atom. The van der Waals surface area contributed by atoms with Crippen molar-refractivity contribution in [3.05, 3.63) is 69.1 Å². The van der Waals surface area contributed by atoms with Crippen molar-refractivity contribution in [3.8, 4) is 5.75 Å². The Morgan fingerprint density at radius 2 is 1.86 bits per heavy atom. The fraction of sp³-hybridized carbons (Fsp3) is 0.304. The Morgan fingerprint density at radius 1 is 1.10 bits per heavy atom. The van der Waals surface area contributed by atoms with Gasteiger partial charge in [0.15, 0.2) is 0 Å². The van der Waals surface area contributed by atoms with Crippen molar-refractivity contribution < 1.29 is 4.74 Å². The van der Waals surface area contributed by atoms with Crippen LogP contribution in [-0.4, -0.2) is 35.2 Å². The molecule has 4 aromatic rings. The van der Waals surface area contributed by atoms with Crippen LogP contribution in [0.3, 0.4) is 0 Å². The van der Waals surface area contributed by atoms with Gasteiger partial charge in [0.05, 0.1) is 18.5 Å². The van der Waals surface area contributed by atoms with E-state index in [0.717, 1.165) is 43.0 Å². The summed E-state index contributed by atoms with van der Waals surface area (Å²) in [4.78, 5) is 22.1. The van der Waals surface area contributed by atoms with Crippen LogP contribution in [0.5, 0.6) is 5.75 Å². The fourth-order valence-electron chi connectivity index (χ4n) is 3.57. The van der Waals surface area contributed by atoms with Gasteiger partial charge in [-0.05, 0) is 45.0 Å². The molecular formula is C23H25N3O2S. The Balaban J connectivity index is 1.66. The maximum atomic E-state index is 13.3. The van der Waals surface area contributed by atoms with Crippen molar-refractivity contribution in [2.75, 3.05) is 20.7 Å². The molecule has 0 unspecified atom stereocenters. The SMILES string of the molecule is Cc1sc2nc(CN(C)C)n(CCOc3cccc4ccccc34)c(=O)c2c1C. The second-order valence-electron chi connectivity index (χ2n) is 7.51. The van der Waals surface area contributed by atoms with E-state index >= 15 is 0 Å². The van der Waals surface area contributed by atoms with Crippen molar-refractivity contribution in [2.24, 2.45) is 0 Å². The summed E-state index contributed by atoms with van der Waals surface area (Å²) in [7, 11) is 3.97. The standard InChI is InChI=1S/C23H25N3O2S/c1-15-16(2)29-22-21(15)23(27)26(20(24-22)14-25(3)4)12-13-28-19-11-7-9-17-8-5-6-10-18(17)19/h5-11H,12-14H2,1-4H3. The van der Waals surface area contributed by atoms with E-state index in [4.69, 9.17) is 9.72 Å². The molecule has 6 heteroatoms. The molecule has 0 N–H and O–H groups in total. The molecule has 150 valence electrons. The smallest absolute Gasteiger partial charge is 0.262 e. The van der Waals surface area contributed by atoms with Crippen LogP contribution < -0.4 is 10.3 Å². The zero-order chi connectivity index (χ0) is 20.5. The first-order valence-corrected chi connectivity index (χ1v) is 10.5. The molecule has 29 heavy (non-hydrogen) atoms. The van der Waals surface area contributed by atoms with Crippen molar-refractivity contribution in [2.45, 2.75) is 26.9 Å². The van der Waals surface area contributed by atoms with Crippen LogP contribution in [0.1, 0.15) is 16.3 Å². The number of aryl methyl sites for hydroxylation is 2. The molecule has 2 heterocycles. The topological polar surface area (TPSA) is 47.4 Å². The van der Waals surface area contributed by atoms with E-state index in [-0.39, 0.29) is 5.56 Å². The molecule has 0 amide bonds. The number of hydrogen-bond acceptors (Lipinski definition) is 5. The van der Waals surface area contributed by atoms with Crippen molar-refractivity contribution >= 4 is 32.3 Å². The van der Waals surface area contributed by atoms with E-state index in [1.165, 1.54) is 0 Å². The Hall–Kier alpha value is -2.70. The lowest BCUT2D eigenvalue weighted by molar-refractivity contribution is 0.291. The molecule has 2 aromatic carbocycles. The molecule has 2 aromatic heterocycles. The first-order valence-electron chi connectivity index (χ1n) is 9.70. The van der Waals surface area contributed by atoms with Gasteiger partial charge in [0.2, 0.25) is 0 Å². The van der Waals surface area contributed by atoms with Crippen molar-refractivity contribution in [1.82, 2.24) is 14.5 Å². The van der Waals surface area contributed by atoms with Gasteiger partial charge < -0.3 is 9.64 Å². The summed E-state index contributed by atoms with van der Waals surface area (Å²) in [5, 5.41) is 2.96. The number of ether oxygens (including phenoxy) is 1. The number of fused-ring (bicyclic) bond motifs is 2. The maximum Gasteiger partial charge on any atom is 0.262 e. The summed E-state index contributed by atoms with van der Waals surface area (Å²) in [5.74, 6) is 1.61. The molecular weight excluding hydrogens is 382 g/mol. The van der Waals surface area contributed by atoms with E-state index in [1.54, 1.807) is 15.9 Å². The molecule has 0 atom stereocenters. The third-order valence-electron chi connectivity index (χ3n) is 5.15. The van der Waals surface area contributed by atoms with Gasteiger partial charge in [0.25, 0.3) is 5.56 Å². The summed E-state index contributed by atoms with van der Waals surface area (Å²) in [5.41, 5.74) is 1.05. The number of thiophene rings is 1. The second-order valence-corrected chi connectivity index (χ2v) is 8.71. The van der Waals surface area contributed by atoms with Gasteiger partial charge >= 0.3 is 0 Å². The molecule has 0 aliphatic heterocycles. The Labute approximate surface area is 174 Å².